The van der Waals surface area contributed by atoms with E-state index in [4.69, 9.17) is 18.9 Å². The molecule has 1 aromatic heterocycles. The van der Waals surface area contributed by atoms with Gasteiger partial charge in [-0.2, -0.15) is 0 Å². The van der Waals surface area contributed by atoms with E-state index in [9.17, 15) is 10.2 Å². The van der Waals surface area contributed by atoms with Crippen molar-refractivity contribution in [1.82, 2.24) is 4.98 Å². The molecule has 2 aromatic rings. The molecule has 0 amide bonds. The number of ether oxygens (including phenoxy) is 4. The SMILES string of the molecule is CC1(C)COC2(CCC3=C4[C@@H](CC[C@@]3(O)C2)[C@H]2CC[C@](O)(CCCOC3CCCCO3)[C@@]2(C)C[C@@H]4c2ccc(-c3cccnc3)cc2)OC1. The van der Waals surface area contributed by atoms with Crippen LogP contribution in [0.5, 0.6) is 0 Å². The Balaban J connectivity index is 1.11. The van der Waals surface area contributed by atoms with Gasteiger partial charge in [-0.15, -0.1) is 0 Å². The van der Waals surface area contributed by atoms with E-state index in [0.29, 0.717) is 38.1 Å². The van der Waals surface area contributed by atoms with Gasteiger partial charge in [-0.1, -0.05) is 56.7 Å². The predicted molar refractivity (Wildman–Crippen MR) is 189 cm³/mol. The number of aliphatic hydroxyl groups is 2. The van der Waals surface area contributed by atoms with Crippen LogP contribution in [0.25, 0.3) is 11.1 Å². The molecule has 2 N–H and O–H groups in total. The maximum Gasteiger partial charge on any atom is 0.171 e. The lowest BCUT2D eigenvalue weighted by Crippen LogP contribution is -2.58. The number of benzene rings is 1. The normalized spacial score (nSPS) is 38.1. The summed E-state index contributed by atoms with van der Waals surface area (Å²) in [7, 11) is 0. The highest BCUT2D eigenvalue weighted by molar-refractivity contribution is 5.63. The summed E-state index contributed by atoms with van der Waals surface area (Å²) in [6, 6.07) is 13.1. The molecule has 2 saturated heterocycles. The molecule has 5 fully saturated rings. The summed E-state index contributed by atoms with van der Waals surface area (Å²) in [5, 5.41) is 25.2. The van der Waals surface area contributed by atoms with Gasteiger partial charge < -0.3 is 29.2 Å². The quantitative estimate of drug-likeness (QED) is 0.227. The molecule has 3 saturated carbocycles. The van der Waals surface area contributed by atoms with Gasteiger partial charge in [0.05, 0.1) is 24.4 Å². The highest BCUT2D eigenvalue weighted by Gasteiger charge is 2.64. The van der Waals surface area contributed by atoms with Gasteiger partial charge in [0.2, 0.25) is 0 Å². The summed E-state index contributed by atoms with van der Waals surface area (Å²) in [6.07, 6.45) is 14.9. The third-order valence-corrected chi connectivity index (χ3v) is 13.7. The number of hydrogen-bond donors (Lipinski definition) is 2. The molecule has 7 nitrogen and oxygen atoms in total. The van der Waals surface area contributed by atoms with E-state index in [1.54, 1.807) is 0 Å². The maximum absolute atomic E-state index is 12.6. The number of allylic oxidation sites excluding steroid dienone is 1. The first-order valence-electron chi connectivity index (χ1n) is 19.2. The van der Waals surface area contributed by atoms with E-state index >= 15 is 0 Å². The van der Waals surface area contributed by atoms with Gasteiger partial charge in [-0.3, -0.25) is 4.98 Å². The Morgan fingerprint density at radius 3 is 2.47 bits per heavy atom. The van der Waals surface area contributed by atoms with Crippen LogP contribution in [0.1, 0.15) is 116 Å². The van der Waals surface area contributed by atoms with Gasteiger partial charge in [-0.25, -0.2) is 0 Å². The zero-order valence-corrected chi connectivity index (χ0v) is 29.9. The van der Waals surface area contributed by atoms with E-state index in [1.807, 2.05) is 18.5 Å². The van der Waals surface area contributed by atoms with Gasteiger partial charge >= 0.3 is 0 Å². The van der Waals surface area contributed by atoms with E-state index in [0.717, 1.165) is 94.8 Å². The molecule has 4 aliphatic carbocycles. The summed E-state index contributed by atoms with van der Waals surface area (Å²) in [5.41, 5.74) is 4.31. The summed E-state index contributed by atoms with van der Waals surface area (Å²) in [6.45, 7) is 9.47. The molecular formula is C42H57NO6. The second-order valence-corrected chi connectivity index (χ2v) is 17.4. The molecule has 3 heterocycles. The van der Waals surface area contributed by atoms with Crippen molar-refractivity contribution in [2.75, 3.05) is 26.4 Å². The van der Waals surface area contributed by atoms with E-state index < -0.39 is 17.0 Å². The zero-order chi connectivity index (χ0) is 33.9. The molecule has 1 unspecified atom stereocenters. The fourth-order valence-electron chi connectivity index (χ4n) is 10.9. The fourth-order valence-corrected chi connectivity index (χ4v) is 10.9. The number of pyridine rings is 1. The van der Waals surface area contributed by atoms with Crippen LogP contribution in [0.2, 0.25) is 0 Å². The standard InChI is InChI=1S/C42H57NO6/c1-38(2)27-48-42(49-28-38)20-16-35-37-32(14-18-40(35,44)26-42)34-15-19-41(45,17-7-23-47-36-9-4-5-22-46-36)39(34,3)24-33(37)30-12-10-29(11-13-30)31-8-6-21-43-25-31/h6,8,10-13,21,25,32-34,36,44-45H,4-5,7,9,14-20,22-24,26-28H2,1-3H3/t32-,33+,34+,36?,39-,40+,41+/m0/s1. The first-order chi connectivity index (χ1) is 23.5. The summed E-state index contributed by atoms with van der Waals surface area (Å²) in [5.74, 6) is 0.161. The van der Waals surface area contributed by atoms with Gasteiger partial charge in [0.15, 0.2) is 12.1 Å². The van der Waals surface area contributed by atoms with Crippen molar-refractivity contribution in [2.45, 2.75) is 133 Å². The number of rotatable bonds is 7. The number of fused-ring (bicyclic) bond motifs is 4. The number of hydrogen-bond acceptors (Lipinski definition) is 7. The molecule has 6 aliphatic rings. The lowest BCUT2D eigenvalue weighted by Gasteiger charge is -2.58. The van der Waals surface area contributed by atoms with Crippen LogP contribution in [0, 0.1) is 22.7 Å². The van der Waals surface area contributed by atoms with Crippen molar-refractivity contribution in [3.8, 4) is 11.1 Å². The van der Waals surface area contributed by atoms with Crippen LogP contribution < -0.4 is 0 Å². The van der Waals surface area contributed by atoms with Crippen LogP contribution in [-0.4, -0.2) is 64.9 Å². The molecule has 49 heavy (non-hydrogen) atoms. The van der Waals surface area contributed by atoms with Gasteiger partial charge in [0.25, 0.3) is 0 Å². The third-order valence-electron chi connectivity index (χ3n) is 13.7. The van der Waals surface area contributed by atoms with Crippen molar-refractivity contribution >= 4 is 0 Å². The molecule has 1 spiro atoms. The molecule has 266 valence electrons. The van der Waals surface area contributed by atoms with E-state index in [-0.39, 0.29) is 23.0 Å². The molecule has 2 aliphatic heterocycles. The van der Waals surface area contributed by atoms with Crippen LogP contribution in [0.4, 0.5) is 0 Å². The van der Waals surface area contributed by atoms with Crippen molar-refractivity contribution in [2.24, 2.45) is 22.7 Å². The fraction of sp³-hybridized carbons (Fsp3) is 0.690. The van der Waals surface area contributed by atoms with E-state index in [1.165, 1.54) is 16.7 Å². The van der Waals surface area contributed by atoms with Crippen molar-refractivity contribution in [3.63, 3.8) is 0 Å². The monoisotopic (exact) mass is 671 g/mol. The number of nitrogens with zero attached hydrogens (tertiary/aromatic N) is 1. The lowest BCUT2D eigenvalue weighted by atomic mass is 9.49. The van der Waals surface area contributed by atoms with E-state index in [2.05, 4.69) is 56.1 Å². The Hall–Kier alpha value is -2.13. The first kappa shape index (κ1) is 34.0. The molecular weight excluding hydrogens is 614 g/mol. The Morgan fingerprint density at radius 1 is 0.918 bits per heavy atom. The topological polar surface area (TPSA) is 90.3 Å². The number of aromatic nitrogens is 1. The highest BCUT2D eigenvalue weighted by atomic mass is 16.7. The van der Waals surface area contributed by atoms with Crippen molar-refractivity contribution in [3.05, 3.63) is 65.5 Å². The molecule has 0 radical (unpaired) electrons. The summed E-state index contributed by atoms with van der Waals surface area (Å²) >= 11 is 0. The summed E-state index contributed by atoms with van der Waals surface area (Å²) in [4.78, 5) is 4.34. The minimum Gasteiger partial charge on any atom is -0.389 e. The van der Waals surface area contributed by atoms with Gasteiger partial charge in [0.1, 0.15) is 0 Å². The van der Waals surface area contributed by atoms with Crippen LogP contribution in [0.3, 0.4) is 0 Å². The second kappa shape index (κ2) is 12.8. The molecule has 1 aromatic carbocycles. The first-order valence-corrected chi connectivity index (χ1v) is 19.2. The maximum atomic E-state index is 12.6. The predicted octanol–water partition coefficient (Wildman–Crippen LogP) is 8.10. The van der Waals surface area contributed by atoms with Crippen molar-refractivity contribution in [1.29, 1.82) is 0 Å². The Morgan fingerprint density at radius 2 is 1.73 bits per heavy atom. The van der Waals surface area contributed by atoms with Gasteiger partial charge in [0, 0.05) is 55.2 Å². The Kier molecular flexibility index (Phi) is 8.89. The Bertz CT molecular complexity index is 1510. The largest absolute Gasteiger partial charge is 0.389 e. The summed E-state index contributed by atoms with van der Waals surface area (Å²) < 4.78 is 24.9. The average Bonchev–Trinajstić information content (AvgIpc) is 3.38. The molecule has 0 bridgehead atoms. The van der Waals surface area contributed by atoms with Crippen molar-refractivity contribution < 1.29 is 29.2 Å². The van der Waals surface area contributed by atoms with Crippen LogP contribution in [-0.2, 0) is 18.9 Å². The third kappa shape index (κ3) is 6.14. The zero-order valence-electron chi connectivity index (χ0n) is 29.9. The van der Waals surface area contributed by atoms with Gasteiger partial charge in [-0.05, 0) is 111 Å². The molecule has 8 rings (SSSR count). The Labute approximate surface area is 292 Å². The van der Waals surface area contributed by atoms with Crippen LogP contribution >= 0.6 is 0 Å². The van der Waals surface area contributed by atoms with Crippen LogP contribution in [0.15, 0.2) is 59.9 Å². The second-order valence-electron chi connectivity index (χ2n) is 17.4. The smallest absolute Gasteiger partial charge is 0.171 e. The lowest BCUT2D eigenvalue weighted by molar-refractivity contribution is -0.322. The molecule has 7 heteroatoms. The highest BCUT2D eigenvalue weighted by Crippen LogP contribution is 2.68. The average molecular weight is 672 g/mol. The molecule has 7 atom stereocenters. The minimum absolute atomic E-state index is 0.0137. The minimum atomic E-state index is -0.930.